The standard InChI is InChI=1S/C30H52N4O4/c1-4-5-6-7-8-9-10-11-12-13-14-15-16-17-18-19-29(35)37-24-26-20-21-28(38-26)34-23-22-27(32-30(34)36)31-25-33(2)3/h22-23,25-26,28H,4-21,24H2,1-3H3/b31-25+/t26-,28+/m0/s1. The number of nitrogens with zero attached hydrogens (tertiary/aromatic N) is 4. The van der Waals surface area contributed by atoms with E-state index in [-0.39, 0.29) is 24.9 Å². The largest absolute Gasteiger partial charge is 0.463 e. The summed E-state index contributed by atoms with van der Waals surface area (Å²) in [6.45, 7) is 2.51. The molecule has 0 saturated carbocycles. The number of aliphatic imine (C=N–C) groups is 1. The van der Waals surface area contributed by atoms with Gasteiger partial charge in [0.25, 0.3) is 0 Å². The van der Waals surface area contributed by atoms with Gasteiger partial charge in [0.1, 0.15) is 12.8 Å². The molecule has 0 aromatic carbocycles. The number of rotatable bonds is 21. The number of carbonyl (C=O) groups excluding carboxylic acids is 1. The second-order valence-corrected chi connectivity index (χ2v) is 10.9. The second-order valence-electron chi connectivity index (χ2n) is 10.9. The molecule has 8 nitrogen and oxygen atoms in total. The summed E-state index contributed by atoms with van der Waals surface area (Å²) in [6.07, 6.45) is 24.2. The van der Waals surface area contributed by atoms with Crippen LogP contribution in [0.4, 0.5) is 5.82 Å². The molecule has 0 unspecified atom stereocenters. The van der Waals surface area contributed by atoms with Gasteiger partial charge in [-0.2, -0.15) is 4.98 Å². The number of aromatic nitrogens is 2. The van der Waals surface area contributed by atoms with Crippen molar-refractivity contribution < 1.29 is 14.3 Å². The lowest BCUT2D eigenvalue weighted by molar-refractivity contribution is -0.148. The quantitative estimate of drug-likeness (QED) is 0.0737. The summed E-state index contributed by atoms with van der Waals surface area (Å²) in [4.78, 5) is 34.4. The minimum Gasteiger partial charge on any atom is -0.463 e. The highest BCUT2D eigenvalue weighted by atomic mass is 16.6. The molecule has 2 atom stereocenters. The summed E-state index contributed by atoms with van der Waals surface area (Å²) in [6, 6.07) is 1.69. The molecule has 38 heavy (non-hydrogen) atoms. The average molecular weight is 533 g/mol. The molecule has 1 fully saturated rings. The Labute approximate surface area is 230 Å². The van der Waals surface area contributed by atoms with Crippen LogP contribution in [0.2, 0.25) is 0 Å². The molecule has 1 aliphatic rings. The fourth-order valence-corrected chi connectivity index (χ4v) is 4.78. The number of carbonyl (C=O) groups is 1. The van der Waals surface area contributed by atoms with Crippen molar-refractivity contribution in [3.05, 3.63) is 22.7 Å². The first-order valence-electron chi connectivity index (χ1n) is 15.1. The predicted octanol–water partition coefficient (Wildman–Crippen LogP) is 6.95. The predicted molar refractivity (Wildman–Crippen MR) is 154 cm³/mol. The van der Waals surface area contributed by atoms with Crippen LogP contribution < -0.4 is 5.69 Å². The fourth-order valence-electron chi connectivity index (χ4n) is 4.78. The Morgan fingerprint density at radius 2 is 1.58 bits per heavy atom. The number of hydrogen-bond donors (Lipinski definition) is 0. The maximum absolute atomic E-state index is 12.4. The molecule has 1 saturated heterocycles. The van der Waals surface area contributed by atoms with E-state index in [2.05, 4.69) is 16.9 Å². The van der Waals surface area contributed by atoms with Gasteiger partial charge in [-0.15, -0.1) is 0 Å². The summed E-state index contributed by atoms with van der Waals surface area (Å²) in [5.74, 6) is 0.205. The lowest BCUT2D eigenvalue weighted by Crippen LogP contribution is -2.27. The first-order valence-corrected chi connectivity index (χ1v) is 15.1. The number of hydrogen-bond acceptors (Lipinski definition) is 6. The lowest BCUT2D eigenvalue weighted by Gasteiger charge is -2.15. The normalized spacial score (nSPS) is 17.3. The molecule has 2 heterocycles. The third-order valence-corrected chi connectivity index (χ3v) is 7.05. The van der Waals surface area contributed by atoms with E-state index in [0.29, 0.717) is 18.7 Å². The van der Waals surface area contributed by atoms with Crippen LogP contribution >= 0.6 is 0 Å². The Kier molecular flexibility index (Phi) is 16.7. The minimum atomic E-state index is -0.394. The zero-order chi connectivity index (χ0) is 27.4. The summed E-state index contributed by atoms with van der Waals surface area (Å²) in [7, 11) is 3.70. The molecule has 2 rings (SSSR count). The monoisotopic (exact) mass is 532 g/mol. The molecule has 0 bridgehead atoms. The molecule has 0 N–H and O–H groups in total. The topological polar surface area (TPSA) is 86.0 Å². The van der Waals surface area contributed by atoms with Crippen LogP contribution in [0.5, 0.6) is 0 Å². The smallest absolute Gasteiger partial charge is 0.351 e. The third-order valence-electron chi connectivity index (χ3n) is 7.05. The van der Waals surface area contributed by atoms with Crippen molar-refractivity contribution in [1.29, 1.82) is 0 Å². The lowest BCUT2D eigenvalue weighted by atomic mass is 10.0. The first-order chi connectivity index (χ1) is 18.5. The van der Waals surface area contributed by atoms with E-state index in [9.17, 15) is 9.59 Å². The van der Waals surface area contributed by atoms with Gasteiger partial charge in [-0.05, 0) is 25.3 Å². The van der Waals surface area contributed by atoms with Crippen molar-refractivity contribution in [3.8, 4) is 0 Å². The van der Waals surface area contributed by atoms with Crippen molar-refractivity contribution in [1.82, 2.24) is 14.5 Å². The van der Waals surface area contributed by atoms with E-state index in [4.69, 9.17) is 9.47 Å². The molecule has 1 aromatic heterocycles. The first kappa shape index (κ1) is 32.0. The molecule has 8 heteroatoms. The van der Waals surface area contributed by atoms with Gasteiger partial charge < -0.3 is 14.4 Å². The van der Waals surface area contributed by atoms with E-state index in [1.54, 1.807) is 23.5 Å². The Hall–Kier alpha value is -2.22. The Bertz CT molecular complexity index is 855. The van der Waals surface area contributed by atoms with E-state index in [1.807, 2.05) is 14.1 Å². The van der Waals surface area contributed by atoms with Gasteiger partial charge in [-0.1, -0.05) is 96.8 Å². The fraction of sp³-hybridized carbons (Fsp3) is 0.800. The number of esters is 1. The minimum absolute atomic E-state index is 0.159. The van der Waals surface area contributed by atoms with E-state index in [0.717, 1.165) is 19.3 Å². The zero-order valence-corrected chi connectivity index (χ0v) is 24.2. The summed E-state index contributed by atoms with van der Waals surface area (Å²) >= 11 is 0. The molecule has 216 valence electrons. The molecule has 0 aliphatic carbocycles. The number of ether oxygens (including phenoxy) is 2. The number of unbranched alkanes of at least 4 members (excludes halogenated alkanes) is 14. The van der Waals surface area contributed by atoms with Gasteiger partial charge >= 0.3 is 11.7 Å². The van der Waals surface area contributed by atoms with E-state index in [1.165, 1.54) is 88.0 Å². The van der Waals surface area contributed by atoms with Crippen molar-refractivity contribution in [3.63, 3.8) is 0 Å². The molecular weight excluding hydrogens is 480 g/mol. The van der Waals surface area contributed by atoms with Crippen molar-refractivity contribution >= 4 is 18.1 Å². The summed E-state index contributed by atoms with van der Waals surface area (Å²) < 4.78 is 12.9. The van der Waals surface area contributed by atoms with Crippen LogP contribution in [0.15, 0.2) is 22.1 Å². The Morgan fingerprint density at radius 3 is 2.13 bits per heavy atom. The summed E-state index contributed by atoms with van der Waals surface area (Å²) in [5.41, 5.74) is -0.394. The highest BCUT2D eigenvalue weighted by Crippen LogP contribution is 2.27. The van der Waals surface area contributed by atoms with Gasteiger partial charge in [0, 0.05) is 26.7 Å². The average Bonchev–Trinajstić information content (AvgIpc) is 3.37. The molecule has 0 radical (unpaired) electrons. The maximum atomic E-state index is 12.4. The van der Waals surface area contributed by atoms with Crippen LogP contribution in [0.25, 0.3) is 0 Å². The van der Waals surface area contributed by atoms with Crippen molar-refractivity contribution in [2.45, 2.75) is 135 Å². The van der Waals surface area contributed by atoms with Crippen LogP contribution in [0.1, 0.15) is 129 Å². The van der Waals surface area contributed by atoms with Crippen LogP contribution in [-0.2, 0) is 14.3 Å². The van der Waals surface area contributed by atoms with Crippen molar-refractivity contribution in [2.24, 2.45) is 4.99 Å². The van der Waals surface area contributed by atoms with E-state index >= 15 is 0 Å². The molecular formula is C30H52N4O4. The Balaban J connectivity index is 1.45. The van der Waals surface area contributed by atoms with Crippen LogP contribution in [0.3, 0.4) is 0 Å². The maximum Gasteiger partial charge on any atom is 0.351 e. The SMILES string of the molecule is CCCCCCCCCCCCCCCCCC(=O)OC[C@@H]1CC[C@H](n2ccc(/N=C/N(C)C)nc2=O)O1. The zero-order valence-electron chi connectivity index (χ0n) is 24.2. The van der Waals surface area contributed by atoms with Crippen molar-refractivity contribution in [2.75, 3.05) is 20.7 Å². The van der Waals surface area contributed by atoms with E-state index < -0.39 is 5.69 Å². The van der Waals surface area contributed by atoms with Gasteiger partial charge in [0.2, 0.25) is 0 Å². The second kappa shape index (κ2) is 19.8. The highest BCUT2D eigenvalue weighted by molar-refractivity contribution is 5.69. The van der Waals surface area contributed by atoms with Gasteiger partial charge in [0.05, 0.1) is 12.4 Å². The third kappa shape index (κ3) is 14.1. The Morgan fingerprint density at radius 1 is 1.00 bits per heavy atom. The van der Waals surface area contributed by atoms with Gasteiger partial charge in [0.15, 0.2) is 5.82 Å². The molecule has 0 amide bonds. The van der Waals surface area contributed by atoms with Crippen LogP contribution in [-0.4, -0.2) is 53.6 Å². The molecule has 1 aliphatic heterocycles. The molecule has 0 spiro atoms. The van der Waals surface area contributed by atoms with Gasteiger partial charge in [-0.3, -0.25) is 9.36 Å². The van der Waals surface area contributed by atoms with Crippen LogP contribution in [0, 0.1) is 0 Å². The summed E-state index contributed by atoms with van der Waals surface area (Å²) in [5, 5.41) is 0. The molecule has 1 aromatic rings. The van der Waals surface area contributed by atoms with Gasteiger partial charge in [-0.25, -0.2) is 9.79 Å². The highest BCUT2D eigenvalue weighted by Gasteiger charge is 2.28.